The molecule has 6 nitrogen and oxygen atoms in total. The summed E-state index contributed by atoms with van der Waals surface area (Å²) in [7, 11) is 1.69. The fourth-order valence-corrected chi connectivity index (χ4v) is 2.34. The van der Waals surface area contributed by atoms with E-state index in [1.807, 2.05) is 10.9 Å². The summed E-state index contributed by atoms with van der Waals surface area (Å²) in [5.74, 6) is 0.911. The maximum atomic E-state index is 5.03. The number of hydrogen-bond acceptors (Lipinski definition) is 5. The lowest BCUT2D eigenvalue weighted by atomic mass is 10.2. The molecule has 0 amide bonds. The quantitative estimate of drug-likeness (QED) is 0.882. The second kappa shape index (κ2) is 5.36. The molecule has 1 N–H and O–H groups in total. The fraction of sp³-hybridized carbons (Fsp3) is 0.462. The van der Waals surface area contributed by atoms with Crippen LogP contribution in [0.2, 0.25) is 0 Å². The molecule has 3 rings (SSSR count). The Balaban J connectivity index is 1.75. The molecule has 0 radical (unpaired) electrons. The summed E-state index contributed by atoms with van der Waals surface area (Å²) in [5.41, 5.74) is 3.36. The third-order valence-electron chi connectivity index (χ3n) is 3.30. The fourth-order valence-electron chi connectivity index (χ4n) is 2.34. The largest absolute Gasteiger partial charge is 0.383 e. The van der Waals surface area contributed by atoms with E-state index in [1.54, 1.807) is 19.6 Å². The summed E-state index contributed by atoms with van der Waals surface area (Å²) in [6.07, 6.45) is 8.66. The molecule has 0 aromatic carbocycles. The van der Waals surface area contributed by atoms with Crippen molar-refractivity contribution >= 4 is 11.5 Å². The lowest BCUT2D eigenvalue weighted by Crippen LogP contribution is -2.04. The molecule has 2 aromatic heterocycles. The Morgan fingerprint density at radius 2 is 2.32 bits per heavy atom. The summed E-state index contributed by atoms with van der Waals surface area (Å²) in [6.45, 7) is 1.41. The number of nitrogens with one attached hydrogen (secondary N) is 1. The molecular formula is C13H17N5O. The molecule has 0 fully saturated rings. The lowest BCUT2D eigenvalue weighted by Gasteiger charge is -2.07. The Morgan fingerprint density at radius 1 is 1.37 bits per heavy atom. The van der Waals surface area contributed by atoms with Crippen LogP contribution in [-0.2, 0) is 24.1 Å². The van der Waals surface area contributed by atoms with E-state index in [9.17, 15) is 0 Å². The number of rotatable bonds is 5. The Labute approximate surface area is 111 Å². The maximum absolute atomic E-state index is 5.03. The lowest BCUT2D eigenvalue weighted by molar-refractivity contribution is 0.183. The van der Waals surface area contributed by atoms with Gasteiger partial charge in [0.1, 0.15) is 12.1 Å². The van der Waals surface area contributed by atoms with Crippen molar-refractivity contribution in [1.82, 2.24) is 19.7 Å². The molecule has 1 aliphatic carbocycles. The smallest absolute Gasteiger partial charge is 0.137 e. The molecule has 0 unspecified atom stereocenters. The zero-order chi connectivity index (χ0) is 13.1. The van der Waals surface area contributed by atoms with Crippen molar-refractivity contribution in [3.8, 4) is 0 Å². The zero-order valence-electron chi connectivity index (χ0n) is 11.0. The maximum Gasteiger partial charge on any atom is 0.137 e. The molecule has 0 saturated carbocycles. The van der Waals surface area contributed by atoms with Gasteiger partial charge < -0.3 is 10.1 Å². The second-order valence-electron chi connectivity index (χ2n) is 4.61. The van der Waals surface area contributed by atoms with Crippen molar-refractivity contribution in [2.45, 2.75) is 25.8 Å². The van der Waals surface area contributed by atoms with Crippen LogP contribution in [0.1, 0.15) is 17.7 Å². The van der Waals surface area contributed by atoms with Crippen LogP contribution in [-0.4, -0.2) is 33.5 Å². The van der Waals surface area contributed by atoms with Crippen LogP contribution in [0.25, 0.3) is 0 Å². The van der Waals surface area contributed by atoms with Crippen molar-refractivity contribution in [1.29, 1.82) is 0 Å². The third-order valence-corrected chi connectivity index (χ3v) is 3.30. The summed E-state index contributed by atoms with van der Waals surface area (Å²) >= 11 is 0. The molecule has 19 heavy (non-hydrogen) atoms. The van der Waals surface area contributed by atoms with Gasteiger partial charge in [-0.3, -0.25) is 4.68 Å². The summed E-state index contributed by atoms with van der Waals surface area (Å²) in [6, 6.07) is 0. The van der Waals surface area contributed by atoms with Crippen LogP contribution >= 0.6 is 0 Å². The van der Waals surface area contributed by atoms with E-state index in [4.69, 9.17) is 4.74 Å². The number of methoxy groups -OCH3 is 1. The molecule has 2 aromatic rings. The summed E-state index contributed by atoms with van der Waals surface area (Å²) < 4.78 is 6.89. The van der Waals surface area contributed by atoms with Gasteiger partial charge in [0.25, 0.3) is 0 Å². The van der Waals surface area contributed by atoms with Crippen LogP contribution in [0.4, 0.5) is 11.5 Å². The van der Waals surface area contributed by atoms with E-state index in [-0.39, 0.29) is 0 Å². The highest BCUT2D eigenvalue weighted by atomic mass is 16.5. The van der Waals surface area contributed by atoms with Gasteiger partial charge in [0.05, 0.1) is 25.0 Å². The van der Waals surface area contributed by atoms with Crippen LogP contribution < -0.4 is 5.32 Å². The van der Waals surface area contributed by atoms with E-state index in [2.05, 4.69) is 20.4 Å². The van der Waals surface area contributed by atoms with Gasteiger partial charge in [-0.2, -0.15) is 5.10 Å². The van der Waals surface area contributed by atoms with Gasteiger partial charge in [-0.1, -0.05) is 0 Å². The van der Waals surface area contributed by atoms with E-state index in [0.29, 0.717) is 6.61 Å². The molecule has 100 valence electrons. The van der Waals surface area contributed by atoms with Gasteiger partial charge in [0, 0.05) is 24.6 Å². The SMILES string of the molecule is COCCn1cc(Nc2ncnc3c2CCC3)cn1. The van der Waals surface area contributed by atoms with E-state index in [0.717, 1.165) is 37.3 Å². The molecule has 0 aliphatic heterocycles. The minimum atomic E-state index is 0.657. The van der Waals surface area contributed by atoms with Crippen molar-refractivity contribution in [3.05, 3.63) is 30.0 Å². The first-order chi connectivity index (χ1) is 9.36. The van der Waals surface area contributed by atoms with Gasteiger partial charge in [-0.05, 0) is 19.3 Å². The van der Waals surface area contributed by atoms with Gasteiger partial charge >= 0.3 is 0 Å². The standard InChI is InChI=1S/C13H17N5O/c1-19-6-5-18-8-10(7-16-18)17-13-11-3-2-4-12(11)14-9-15-13/h7-9H,2-6H2,1H3,(H,14,15,17). The number of aryl methyl sites for hydroxylation is 1. The van der Waals surface area contributed by atoms with Crippen LogP contribution in [0.3, 0.4) is 0 Å². The van der Waals surface area contributed by atoms with Crippen molar-refractivity contribution in [3.63, 3.8) is 0 Å². The molecule has 0 bridgehead atoms. The van der Waals surface area contributed by atoms with Crippen molar-refractivity contribution in [2.75, 3.05) is 19.0 Å². The number of anilines is 2. The molecular weight excluding hydrogens is 242 g/mol. The van der Waals surface area contributed by atoms with E-state index >= 15 is 0 Å². The van der Waals surface area contributed by atoms with Crippen LogP contribution in [0.5, 0.6) is 0 Å². The third kappa shape index (κ3) is 2.58. The highest BCUT2D eigenvalue weighted by molar-refractivity contribution is 5.59. The molecule has 2 heterocycles. The average molecular weight is 259 g/mol. The van der Waals surface area contributed by atoms with Gasteiger partial charge in [-0.15, -0.1) is 0 Å². The monoisotopic (exact) mass is 259 g/mol. The minimum absolute atomic E-state index is 0.657. The number of hydrogen-bond donors (Lipinski definition) is 1. The van der Waals surface area contributed by atoms with Gasteiger partial charge in [0.2, 0.25) is 0 Å². The molecule has 0 atom stereocenters. The average Bonchev–Trinajstić information content (AvgIpc) is 3.05. The first-order valence-electron chi connectivity index (χ1n) is 6.48. The highest BCUT2D eigenvalue weighted by Crippen LogP contribution is 2.27. The number of fused-ring (bicyclic) bond motifs is 1. The van der Waals surface area contributed by atoms with Crippen molar-refractivity contribution in [2.24, 2.45) is 0 Å². The second-order valence-corrected chi connectivity index (χ2v) is 4.61. The van der Waals surface area contributed by atoms with Crippen molar-refractivity contribution < 1.29 is 4.74 Å². The number of aromatic nitrogens is 4. The molecule has 6 heteroatoms. The van der Waals surface area contributed by atoms with Crippen LogP contribution in [0.15, 0.2) is 18.7 Å². The Morgan fingerprint density at radius 3 is 3.21 bits per heavy atom. The first kappa shape index (κ1) is 12.1. The highest BCUT2D eigenvalue weighted by Gasteiger charge is 2.17. The zero-order valence-corrected chi connectivity index (χ0v) is 11.0. The summed E-state index contributed by atoms with van der Waals surface area (Å²) in [5, 5.41) is 7.60. The first-order valence-corrected chi connectivity index (χ1v) is 6.48. The predicted octanol–water partition coefficient (Wildman–Crippen LogP) is 1.55. The molecule has 0 spiro atoms. The minimum Gasteiger partial charge on any atom is -0.383 e. The van der Waals surface area contributed by atoms with E-state index < -0.39 is 0 Å². The Kier molecular flexibility index (Phi) is 3.41. The van der Waals surface area contributed by atoms with Gasteiger partial charge in [-0.25, -0.2) is 9.97 Å². The Bertz CT molecular complexity index is 566. The summed E-state index contributed by atoms with van der Waals surface area (Å²) in [4.78, 5) is 8.65. The van der Waals surface area contributed by atoms with Crippen LogP contribution in [0, 0.1) is 0 Å². The Hall–Kier alpha value is -1.95. The number of ether oxygens (including phenoxy) is 1. The molecule has 1 aliphatic rings. The predicted molar refractivity (Wildman–Crippen MR) is 71.4 cm³/mol. The number of nitrogens with zero attached hydrogens (tertiary/aromatic N) is 4. The normalized spacial score (nSPS) is 13.5. The molecule has 0 saturated heterocycles. The van der Waals surface area contributed by atoms with Gasteiger partial charge in [0.15, 0.2) is 0 Å². The topological polar surface area (TPSA) is 64.9 Å². The van der Waals surface area contributed by atoms with E-state index in [1.165, 1.54) is 11.3 Å².